The van der Waals surface area contributed by atoms with Crippen molar-refractivity contribution < 1.29 is 19.1 Å². The van der Waals surface area contributed by atoms with Crippen LogP contribution in [0.5, 0.6) is 5.75 Å². The van der Waals surface area contributed by atoms with Crippen LogP contribution in [0.4, 0.5) is 0 Å². The Morgan fingerprint density at radius 1 is 1.21 bits per heavy atom. The van der Waals surface area contributed by atoms with Crippen LogP contribution in [0.2, 0.25) is 0 Å². The minimum absolute atomic E-state index is 0.0754. The van der Waals surface area contributed by atoms with Crippen LogP contribution in [-0.4, -0.2) is 23.8 Å². The Morgan fingerprint density at radius 2 is 2.03 bits per heavy atom. The molecular formula is C24H32O4S. The number of thiol groups is 1. The first-order valence-corrected chi connectivity index (χ1v) is 11.7. The highest BCUT2D eigenvalue weighted by molar-refractivity contribution is 7.80. The minimum atomic E-state index is -0.177. The third-order valence-corrected chi connectivity index (χ3v) is 8.01. The summed E-state index contributed by atoms with van der Waals surface area (Å²) in [7, 11) is 0. The van der Waals surface area contributed by atoms with Gasteiger partial charge in [0.05, 0.1) is 0 Å². The molecule has 1 aromatic carbocycles. The van der Waals surface area contributed by atoms with Crippen molar-refractivity contribution in [3.8, 4) is 5.75 Å². The largest absolute Gasteiger partial charge is 0.462 e. The summed E-state index contributed by atoms with van der Waals surface area (Å²) in [5.74, 6) is 2.89. The molecule has 0 heterocycles. The van der Waals surface area contributed by atoms with Gasteiger partial charge in [-0.05, 0) is 91.7 Å². The lowest BCUT2D eigenvalue weighted by Gasteiger charge is -2.50. The summed E-state index contributed by atoms with van der Waals surface area (Å²) in [6.45, 7) is 3.87. The molecule has 0 bridgehead atoms. The maximum absolute atomic E-state index is 11.9. The summed E-state index contributed by atoms with van der Waals surface area (Å²) in [6.07, 6.45) is 7.83. The number of aryl methyl sites for hydroxylation is 1. The molecule has 4 rings (SSSR count). The maximum Gasteiger partial charge on any atom is 0.311 e. The van der Waals surface area contributed by atoms with Crippen LogP contribution in [0.25, 0.3) is 0 Å². The quantitative estimate of drug-likeness (QED) is 0.413. The predicted octanol–water partition coefficient (Wildman–Crippen LogP) is 5.09. The first-order valence-electron chi connectivity index (χ1n) is 11.0. The number of esters is 2. The topological polar surface area (TPSA) is 52.6 Å². The van der Waals surface area contributed by atoms with E-state index in [0.29, 0.717) is 35.7 Å². The van der Waals surface area contributed by atoms with E-state index in [0.717, 1.165) is 38.5 Å². The molecular weight excluding hydrogens is 384 g/mol. The molecule has 0 N–H and O–H groups in total. The Bertz CT molecular complexity index is 791. The molecule has 0 aromatic heterocycles. The molecule has 0 radical (unpaired) electrons. The molecule has 29 heavy (non-hydrogen) atoms. The van der Waals surface area contributed by atoms with Crippen LogP contribution in [0, 0.1) is 17.3 Å². The molecule has 0 spiro atoms. The van der Waals surface area contributed by atoms with Gasteiger partial charge in [-0.1, -0.05) is 13.0 Å². The Kier molecular flexibility index (Phi) is 5.97. The summed E-state index contributed by atoms with van der Waals surface area (Å²) in [4.78, 5) is 23.5. The smallest absolute Gasteiger partial charge is 0.311 e. The van der Waals surface area contributed by atoms with E-state index >= 15 is 0 Å². The number of fused-ring (bicyclic) bond motifs is 5. The Labute approximate surface area is 179 Å². The number of carbonyl (C=O) groups is 2. The van der Waals surface area contributed by atoms with Gasteiger partial charge in [0, 0.05) is 18.8 Å². The van der Waals surface area contributed by atoms with E-state index in [2.05, 4.69) is 31.7 Å². The Morgan fingerprint density at radius 3 is 2.79 bits per heavy atom. The van der Waals surface area contributed by atoms with Crippen molar-refractivity contribution in [2.45, 2.75) is 77.2 Å². The Balaban J connectivity index is 1.50. The van der Waals surface area contributed by atoms with Crippen LogP contribution < -0.4 is 4.74 Å². The van der Waals surface area contributed by atoms with Crippen LogP contribution in [-0.2, 0) is 20.7 Å². The van der Waals surface area contributed by atoms with Gasteiger partial charge >= 0.3 is 11.9 Å². The van der Waals surface area contributed by atoms with Crippen molar-refractivity contribution >= 4 is 24.6 Å². The van der Waals surface area contributed by atoms with Crippen molar-refractivity contribution in [2.75, 3.05) is 5.75 Å². The summed E-state index contributed by atoms with van der Waals surface area (Å²) in [6, 6.07) is 6.23. The molecule has 5 atom stereocenters. The first-order chi connectivity index (χ1) is 13.9. The fourth-order valence-corrected chi connectivity index (χ4v) is 6.53. The molecule has 0 amide bonds. The summed E-state index contributed by atoms with van der Waals surface area (Å²) in [5.41, 5.74) is 2.89. The zero-order valence-electron chi connectivity index (χ0n) is 17.5. The third kappa shape index (κ3) is 3.95. The minimum Gasteiger partial charge on any atom is -0.462 e. The number of rotatable bonds is 5. The van der Waals surface area contributed by atoms with Gasteiger partial charge in [-0.25, -0.2) is 0 Å². The van der Waals surface area contributed by atoms with Gasteiger partial charge in [0.25, 0.3) is 0 Å². The highest BCUT2D eigenvalue weighted by atomic mass is 32.1. The van der Waals surface area contributed by atoms with E-state index in [1.165, 1.54) is 24.5 Å². The summed E-state index contributed by atoms with van der Waals surface area (Å²) < 4.78 is 11.3. The summed E-state index contributed by atoms with van der Waals surface area (Å²) >= 11 is 4.15. The van der Waals surface area contributed by atoms with E-state index in [1.54, 1.807) is 0 Å². The predicted molar refractivity (Wildman–Crippen MR) is 115 cm³/mol. The van der Waals surface area contributed by atoms with E-state index in [9.17, 15) is 9.59 Å². The molecule has 2 fully saturated rings. The monoisotopic (exact) mass is 416 g/mol. The third-order valence-electron chi connectivity index (χ3n) is 7.69. The van der Waals surface area contributed by atoms with Gasteiger partial charge in [-0.3, -0.25) is 9.59 Å². The van der Waals surface area contributed by atoms with Crippen LogP contribution >= 0.6 is 12.6 Å². The average Bonchev–Trinajstić information content (AvgIpc) is 3.02. The SMILES string of the molecule is CC(=O)O[C@H]1CC[C@H]2[C@@H]3CCc4cc(OC(=O)CCCS)ccc4[C@H]3CC[C@]12C. The van der Waals surface area contributed by atoms with Gasteiger partial charge in [-0.2, -0.15) is 12.6 Å². The van der Waals surface area contributed by atoms with Crippen molar-refractivity contribution in [3.05, 3.63) is 29.3 Å². The van der Waals surface area contributed by atoms with Gasteiger partial charge < -0.3 is 9.47 Å². The molecule has 158 valence electrons. The highest BCUT2D eigenvalue weighted by Gasteiger charge is 2.56. The molecule has 3 aliphatic rings. The second-order valence-electron chi connectivity index (χ2n) is 9.30. The second kappa shape index (κ2) is 8.33. The molecule has 4 nitrogen and oxygen atoms in total. The van der Waals surface area contributed by atoms with E-state index < -0.39 is 0 Å². The lowest BCUT2D eigenvalue weighted by molar-refractivity contribution is -0.154. The van der Waals surface area contributed by atoms with Gasteiger partial charge in [0.2, 0.25) is 0 Å². The average molecular weight is 417 g/mol. The van der Waals surface area contributed by atoms with Crippen molar-refractivity contribution in [1.29, 1.82) is 0 Å². The van der Waals surface area contributed by atoms with E-state index in [-0.39, 0.29) is 23.5 Å². The summed E-state index contributed by atoms with van der Waals surface area (Å²) in [5, 5.41) is 0. The maximum atomic E-state index is 11.9. The fraction of sp³-hybridized carbons (Fsp3) is 0.667. The molecule has 1 aromatic rings. The van der Waals surface area contributed by atoms with E-state index in [1.807, 2.05) is 6.07 Å². The number of benzene rings is 1. The van der Waals surface area contributed by atoms with Gasteiger partial charge in [0.1, 0.15) is 11.9 Å². The number of ether oxygens (including phenoxy) is 2. The van der Waals surface area contributed by atoms with Gasteiger partial charge in [-0.15, -0.1) is 0 Å². The van der Waals surface area contributed by atoms with Crippen LogP contribution in [0.3, 0.4) is 0 Å². The second-order valence-corrected chi connectivity index (χ2v) is 9.74. The molecule has 5 heteroatoms. The highest BCUT2D eigenvalue weighted by Crippen LogP contribution is 2.61. The normalized spacial score (nSPS) is 32.7. The van der Waals surface area contributed by atoms with Crippen LogP contribution in [0.1, 0.15) is 75.8 Å². The lowest BCUT2D eigenvalue weighted by Crippen LogP contribution is -2.45. The molecule has 2 saturated carbocycles. The van der Waals surface area contributed by atoms with Crippen molar-refractivity contribution in [3.63, 3.8) is 0 Å². The van der Waals surface area contributed by atoms with Crippen molar-refractivity contribution in [2.24, 2.45) is 17.3 Å². The van der Waals surface area contributed by atoms with E-state index in [4.69, 9.17) is 9.47 Å². The fourth-order valence-electron chi connectivity index (χ4n) is 6.37. The standard InChI is InChI=1S/C24H32O4S/c1-15(25)27-22-10-9-21-20-7-5-16-14-17(28-23(26)4-3-13-29)6-8-18(16)19(20)11-12-24(21,22)2/h6,8,14,19-22,29H,3-5,7,9-13H2,1-2H3/t19-,20-,21+,22+,24+/m1/s1. The molecule has 0 unspecified atom stereocenters. The number of carbonyl (C=O) groups excluding carboxylic acids is 2. The number of hydrogen-bond donors (Lipinski definition) is 1. The first kappa shape index (κ1) is 20.8. The molecule has 0 aliphatic heterocycles. The zero-order valence-corrected chi connectivity index (χ0v) is 18.4. The molecule has 3 aliphatic carbocycles. The zero-order chi connectivity index (χ0) is 20.6. The Hall–Kier alpha value is -1.49. The number of hydrogen-bond acceptors (Lipinski definition) is 5. The molecule has 0 saturated heterocycles. The van der Waals surface area contributed by atoms with Crippen molar-refractivity contribution in [1.82, 2.24) is 0 Å². The van der Waals surface area contributed by atoms with Gasteiger partial charge in [0.15, 0.2) is 0 Å². The lowest BCUT2D eigenvalue weighted by atomic mass is 9.55. The van der Waals surface area contributed by atoms with Crippen LogP contribution in [0.15, 0.2) is 18.2 Å².